The number of amides is 1. The van der Waals surface area contributed by atoms with E-state index in [0.29, 0.717) is 36.2 Å². The van der Waals surface area contributed by atoms with Crippen LogP contribution in [0.4, 0.5) is 4.39 Å². The van der Waals surface area contributed by atoms with Crippen LogP contribution in [0.1, 0.15) is 32.0 Å². The first-order valence-electron chi connectivity index (χ1n) is 7.76. The molecule has 122 valence electrons. The molecule has 23 heavy (non-hydrogen) atoms. The Kier molecular flexibility index (Phi) is 4.55. The Labute approximate surface area is 133 Å². The number of nitrogens with zero attached hydrogens (tertiary/aromatic N) is 2. The predicted octanol–water partition coefficient (Wildman–Crippen LogP) is 2.31. The summed E-state index contributed by atoms with van der Waals surface area (Å²) in [4.78, 5) is 24.5. The molecule has 6 nitrogen and oxygen atoms in total. The van der Waals surface area contributed by atoms with Gasteiger partial charge in [0.1, 0.15) is 17.7 Å². The van der Waals surface area contributed by atoms with E-state index in [-0.39, 0.29) is 17.8 Å². The first-order chi connectivity index (χ1) is 11.1. The number of carbonyl (C=O) groups is 1. The van der Waals surface area contributed by atoms with Gasteiger partial charge in [0, 0.05) is 19.3 Å². The van der Waals surface area contributed by atoms with Gasteiger partial charge in [-0.2, -0.15) is 0 Å². The molecule has 2 N–H and O–H groups in total. The molecule has 1 amide bonds. The summed E-state index contributed by atoms with van der Waals surface area (Å²) in [6.45, 7) is 2.49. The van der Waals surface area contributed by atoms with Crippen molar-refractivity contribution in [2.75, 3.05) is 6.54 Å². The minimum absolute atomic E-state index is 0.0646. The molecule has 0 aliphatic carbocycles. The second kappa shape index (κ2) is 6.76. The minimum Gasteiger partial charge on any atom is -0.390 e. The van der Waals surface area contributed by atoms with Crippen LogP contribution in [0.5, 0.6) is 0 Å². The van der Waals surface area contributed by atoms with E-state index in [2.05, 4.69) is 20.4 Å². The Morgan fingerprint density at radius 2 is 2.39 bits per heavy atom. The molecule has 1 unspecified atom stereocenters. The number of H-pyrrole nitrogens is 1. The second-order valence-electron chi connectivity index (χ2n) is 5.59. The van der Waals surface area contributed by atoms with Crippen LogP contribution in [0.3, 0.4) is 0 Å². The lowest BCUT2D eigenvalue weighted by molar-refractivity contribution is -0.121. The first kappa shape index (κ1) is 15.5. The van der Waals surface area contributed by atoms with Crippen molar-refractivity contribution < 1.29 is 14.0 Å². The molecular weight excluding hydrogens is 299 g/mol. The number of aryl methyl sites for hydroxylation is 1. The number of aromatic amines is 1. The summed E-state index contributed by atoms with van der Waals surface area (Å²) in [5, 5.41) is 6.80. The second-order valence-corrected chi connectivity index (χ2v) is 5.59. The van der Waals surface area contributed by atoms with Gasteiger partial charge < -0.3 is 15.1 Å². The molecule has 1 aromatic carbocycles. The van der Waals surface area contributed by atoms with Crippen LogP contribution in [0.25, 0.3) is 11.0 Å². The van der Waals surface area contributed by atoms with Crippen molar-refractivity contribution in [3.63, 3.8) is 0 Å². The Hall–Kier alpha value is -2.44. The van der Waals surface area contributed by atoms with Gasteiger partial charge in [0.25, 0.3) is 0 Å². The molecule has 0 spiro atoms. The molecule has 1 aliphatic rings. The van der Waals surface area contributed by atoms with Crippen molar-refractivity contribution in [3.8, 4) is 0 Å². The summed E-state index contributed by atoms with van der Waals surface area (Å²) in [6, 6.07) is 4.38. The lowest BCUT2D eigenvalue weighted by atomic mass is 10.1. The molecule has 1 aromatic heterocycles. The number of oxime groups is 1. The maximum Gasteiger partial charge on any atom is 0.220 e. The summed E-state index contributed by atoms with van der Waals surface area (Å²) < 4.78 is 13.1. The highest BCUT2D eigenvalue weighted by molar-refractivity contribution is 5.85. The number of hydrogen-bond donors (Lipinski definition) is 2. The molecule has 3 rings (SSSR count). The predicted molar refractivity (Wildman–Crippen MR) is 84.6 cm³/mol. The van der Waals surface area contributed by atoms with Gasteiger partial charge in [-0.25, -0.2) is 9.37 Å². The third-order valence-corrected chi connectivity index (χ3v) is 3.81. The Bertz CT molecular complexity index is 741. The molecule has 0 radical (unpaired) electrons. The van der Waals surface area contributed by atoms with E-state index >= 15 is 0 Å². The fourth-order valence-electron chi connectivity index (χ4n) is 2.51. The van der Waals surface area contributed by atoms with Gasteiger partial charge in [0.15, 0.2) is 0 Å². The van der Waals surface area contributed by atoms with Crippen LogP contribution >= 0.6 is 0 Å². The first-order valence-corrected chi connectivity index (χ1v) is 7.76. The van der Waals surface area contributed by atoms with E-state index in [1.165, 1.54) is 12.1 Å². The summed E-state index contributed by atoms with van der Waals surface area (Å²) in [7, 11) is 0. The fourth-order valence-corrected chi connectivity index (χ4v) is 2.51. The van der Waals surface area contributed by atoms with Gasteiger partial charge in [0.05, 0.1) is 23.3 Å². The molecular formula is C16H19FN4O2. The topological polar surface area (TPSA) is 79.4 Å². The van der Waals surface area contributed by atoms with Crippen molar-refractivity contribution in [2.45, 2.75) is 38.7 Å². The van der Waals surface area contributed by atoms with Crippen molar-refractivity contribution in [1.82, 2.24) is 15.3 Å². The monoisotopic (exact) mass is 318 g/mol. The summed E-state index contributed by atoms with van der Waals surface area (Å²) in [6.07, 6.45) is 2.37. The zero-order valence-electron chi connectivity index (χ0n) is 12.9. The number of hydrogen-bond acceptors (Lipinski definition) is 4. The normalized spacial score (nSPS) is 17.1. The van der Waals surface area contributed by atoms with Gasteiger partial charge in [-0.1, -0.05) is 12.1 Å². The maximum atomic E-state index is 13.1. The summed E-state index contributed by atoms with van der Waals surface area (Å²) in [5.41, 5.74) is 2.37. The zero-order valence-corrected chi connectivity index (χ0v) is 12.9. The number of nitrogens with one attached hydrogen (secondary N) is 2. The lowest BCUT2D eigenvalue weighted by Crippen LogP contribution is -2.32. The van der Waals surface area contributed by atoms with E-state index in [0.717, 1.165) is 18.6 Å². The smallest absolute Gasteiger partial charge is 0.220 e. The van der Waals surface area contributed by atoms with E-state index in [1.54, 1.807) is 6.07 Å². The molecule has 1 aliphatic heterocycles. The van der Waals surface area contributed by atoms with Gasteiger partial charge in [-0.3, -0.25) is 4.79 Å². The highest BCUT2D eigenvalue weighted by Gasteiger charge is 2.20. The van der Waals surface area contributed by atoms with Gasteiger partial charge in [-0.15, -0.1) is 0 Å². The number of fused-ring (bicyclic) bond motifs is 1. The number of carbonyl (C=O) groups excluding carboxylic acids is 1. The van der Waals surface area contributed by atoms with Crippen LogP contribution in [0, 0.1) is 5.82 Å². The van der Waals surface area contributed by atoms with Crippen molar-refractivity contribution in [1.29, 1.82) is 0 Å². The fraction of sp³-hybridized carbons (Fsp3) is 0.438. The van der Waals surface area contributed by atoms with E-state index in [9.17, 15) is 9.18 Å². The van der Waals surface area contributed by atoms with Gasteiger partial charge >= 0.3 is 0 Å². The number of rotatable bonds is 6. The third-order valence-electron chi connectivity index (χ3n) is 3.81. The van der Waals surface area contributed by atoms with Gasteiger partial charge in [-0.05, 0) is 24.6 Å². The van der Waals surface area contributed by atoms with E-state index in [1.807, 2.05) is 6.92 Å². The van der Waals surface area contributed by atoms with E-state index in [4.69, 9.17) is 4.84 Å². The zero-order chi connectivity index (χ0) is 16.2. The Balaban J connectivity index is 1.45. The maximum absolute atomic E-state index is 13.1. The number of imidazole rings is 1. The Morgan fingerprint density at radius 1 is 1.52 bits per heavy atom. The minimum atomic E-state index is -0.310. The van der Waals surface area contributed by atoms with Crippen LogP contribution in [0.2, 0.25) is 0 Å². The summed E-state index contributed by atoms with van der Waals surface area (Å²) >= 11 is 0. The van der Waals surface area contributed by atoms with Crippen molar-refractivity contribution >= 4 is 22.7 Å². The number of halogens is 1. The highest BCUT2D eigenvalue weighted by atomic mass is 19.1. The average Bonchev–Trinajstić information content (AvgIpc) is 3.16. The molecule has 0 saturated carbocycles. The third kappa shape index (κ3) is 3.85. The molecule has 1 atom stereocenters. The molecule has 0 saturated heterocycles. The van der Waals surface area contributed by atoms with Crippen LogP contribution in [-0.2, 0) is 16.1 Å². The van der Waals surface area contributed by atoms with Crippen molar-refractivity contribution in [3.05, 3.63) is 29.8 Å². The van der Waals surface area contributed by atoms with Crippen LogP contribution in [-0.4, -0.2) is 34.2 Å². The molecule has 2 aromatic rings. The standard InChI is InChI=1S/C16H19FN4O2/c1-2-11-8-12(23-21-11)9-18-16(22)6-5-15-19-13-4-3-10(17)7-14(13)20-15/h3-4,7,12H,2,5-6,8-9H2,1H3,(H,18,22)(H,19,20). The highest BCUT2D eigenvalue weighted by Crippen LogP contribution is 2.14. The SMILES string of the molecule is CCC1=NOC(CNC(=O)CCc2nc3ccc(F)cc3[nH]2)C1. The largest absolute Gasteiger partial charge is 0.390 e. The van der Waals surface area contributed by atoms with Gasteiger partial charge in [0.2, 0.25) is 5.91 Å². The lowest BCUT2D eigenvalue weighted by Gasteiger charge is -2.09. The van der Waals surface area contributed by atoms with Crippen molar-refractivity contribution in [2.24, 2.45) is 5.16 Å². The van der Waals surface area contributed by atoms with Crippen LogP contribution in [0.15, 0.2) is 23.4 Å². The van der Waals surface area contributed by atoms with E-state index < -0.39 is 0 Å². The number of aromatic nitrogens is 2. The van der Waals surface area contributed by atoms with Crippen LogP contribution < -0.4 is 5.32 Å². The molecule has 7 heteroatoms. The quantitative estimate of drug-likeness (QED) is 0.858. The Morgan fingerprint density at radius 3 is 3.17 bits per heavy atom. The number of benzene rings is 1. The average molecular weight is 318 g/mol. The molecule has 2 heterocycles. The summed E-state index contributed by atoms with van der Waals surface area (Å²) in [5.74, 6) is 0.301. The molecule has 0 bridgehead atoms. The molecule has 0 fully saturated rings.